The minimum absolute atomic E-state index is 0.394. The van der Waals surface area contributed by atoms with Gasteiger partial charge in [-0.25, -0.2) is 15.0 Å². The highest BCUT2D eigenvalue weighted by molar-refractivity contribution is 5.96. The molecule has 3 nitrogen and oxygen atoms in total. The Morgan fingerprint density at radius 2 is 0.724 bits per heavy atom. The summed E-state index contributed by atoms with van der Waals surface area (Å²) in [5.74, 6) is 1.96. The normalized spacial score (nSPS) is 14.4. The van der Waals surface area contributed by atoms with E-state index in [0.29, 0.717) is 17.5 Å². The number of aromatic nitrogens is 3. The molecule has 3 heteroatoms. The molecule has 58 heavy (non-hydrogen) atoms. The lowest BCUT2D eigenvalue weighted by Crippen LogP contribution is -2.26. The maximum atomic E-state index is 4.92. The fraction of sp³-hybridized carbons (Fsp3) is 0.0364. The van der Waals surface area contributed by atoms with Crippen LogP contribution in [0.15, 0.2) is 207 Å². The molecule has 272 valence electrons. The molecule has 0 bridgehead atoms. The van der Waals surface area contributed by atoms with E-state index in [0.717, 1.165) is 34.2 Å². The number of fused-ring (bicyclic) bond motifs is 10. The summed E-state index contributed by atoms with van der Waals surface area (Å²) in [6.45, 7) is 4.05. The highest BCUT2D eigenvalue weighted by Gasteiger charge is 2.51. The molecular weight excluding hydrogens is 703 g/mol. The average molecular weight is 740 g/mol. The van der Waals surface area contributed by atoms with Crippen molar-refractivity contribution in [3.63, 3.8) is 0 Å². The molecule has 11 rings (SSSR count). The van der Waals surface area contributed by atoms with Crippen LogP contribution in [0.1, 0.15) is 27.8 Å². The standard InChI is InChI=1S/C55H37N3/c1-2-13-36-22-32-46-44-18-9-11-20-48(44)55(50(46)34-36)49-21-12-10-19-45(49)47-33-31-43(35-51(47)55)39-25-23-37(24-26-39)38-27-29-42(30-28-38)54-57-52(40-14-5-3-6-15-40)56-53(58-54)41-16-7-4-8-17-41/h2-12,14-35H,1,13H2. The molecule has 0 saturated carbocycles. The Balaban J connectivity index is 0.956. The van der Waals surface area contributed by atoms with Crippen molar-refractivity contribution in [1.29, 1.82) is 0 Å². The third-order valence-electron chi connectivity index (χ3n) is 11.9. The van der Waals surface area contributed by atoms with Gasteiger partial charge in [0.15, 0.2) is 17.5 Å². The summed E-state index contributed by atoms with van der Waals surface area (Å²) in [4.78, 5) is 14.7. The fourth-order valence-corrected chi connectivity index (χ4v) is 9.26. The lowest BCUT2D eigenvalue weighted by molar-refractivity contribution is 0.792. The fourth-order valence-electron chi connectivity index (χ4n) is 9.26. The highest BCUT2D eigenvalue weighted by Crippen LogP contribution is 2.63. The van der Waals surface area contributed by atoms with Gasteiger partial charge in [0.2, 0.25) is 0 Å². The second kappa shape index (κ2) is 13.6. The van der Waals surface area contributed by atoms with Crippen LogP contribution < -0.4 is 0 Å². The van der Waals surface area contributed by atoms with Crippen LogP contribution in [0.25, 0.3) is 78.7 Å². The summed E-state index contributed by atoms with van der Waals surface area (Å²) in [5, 5.41) is 0. The van der Waals surface area contributed by atoms with E-state index in [9.17, 15) is 0 Å². The molecular formula is C55H37N3. The van der Waals surface area contributed by atoms with Crippen LogP contribution in [0.2, 0.25) is 0 Å². The third kappa shape index (κ3) is 5.32. The molecule has 0 aliphatic heterocycles. The van der Waals surface area contributed by atoms with Crippen LogP contribution in [0.3, 0.4) is 0 Å². The van der Waals surface area contributed by atoms with E-state index in [1.54, 1.807) is 0 Å². The summed E-state index contributed by atoms with van der Waals surface area (Å²) in [6, 6.07) is 69.8. The molecule has 9 aromatic rings. The molecule has 0 amide bonds. The molecule has 0 fully saturated rings. The zero-order chi connectivity index (χ0) is 38.6. The Morgan fingerprint density at radius 1 is 0.345 bits per heavy atom. The van der Waals surface area contributed by atoms with Gasteiger partial charge in [-0.1, -0.05) is 194 Å². The van der Waals surface area contributed by atoms with Crippen molar-refractivity contribution >= 4 is 0 Å². The predicted octanol–water partition coefficient (Wildman–Crippen LogP) is 13.3. The van der Waals surface area contributed by atoms with Gasteiger partial charge in [0.25, 0.3) is 0 Å². The highest BCUT2D eigenvalue weighted by atomic mass is 15.0. The van der Waals surface area contributed by atoms with E-state index in [1.807, 2.05) is 66.7 Å². The summed E-state index contributed by atoms with van der Waals surface area (Å²) < 4.78 is 0. The number of allylic oxidation sites excluding steroid dienone is 1. The molecule has 2 aliphatic carbocycles. The molecule has 0 radical (unpaired) electrons. The second-order valence-corrected chi connectivity index (χ2v) is 15.2. The molecule has 1 spiro atoms. The van der Waals surface area contributed by atoms with Gasteiger partial charge >= 0.3 is 0 Å². The van der Waals surface area contributed by atoms with Gasteiger partial charge < -0.3 is 0 Å². The quantitative estimate of drug-likeness (QED) is 0.153. The summed E-state index contributed by atoms with van der Waals surface area (Å²) >= 11 is 0. The van der Waals surface area contributed by atoms with E-state index in [2.05, 4.69) is 140 Å². The first-order valence-corrected chi connectivity index (χ1v) is 19.9. The van der Waals surface area contributed by atoms with E-state index in [-0.39, 0.29) is 0 Å². The molecule has 1 unspecified atom stereocenters. The predicted molar refractivity (Wildman–Crippen MR) is 237 cm³/mol. The van der Waals surface area contributed by atoms with Crippen LogP contribution in [0.5, 0.6) is 0 Å². The zero-order valence-corrected chi connectivity index (χ0v) is 31.8. The summed E-state index contributed by atoms with van der Waals surface area (Å²) in [6.07, 6.45) is 2.84. The van der Waals surface area contributed by atoms with Gasteiger partial charge in [-0.05, 0) is 84.8 Å². The van der Waals surface area contributed by atoms with Gasteiger partial charge in [-0.15, -0.1) is 6.58 Å². The smallest absolute Gasteiger partial charge is 0.164 e. The maximum absolute atomic E-state index is 4.92. The van der Waals surface area contributed by atoms with Crippen molar-refractivity contribution in [3.05, 3.63) is 235 Å². The van der Waals surface area contributed by atoms with Crippen molar-refractivity contribution in [1.82, 2.24) is 15.0 Å². The van der Waals surface area contributed by atoms with Crippen LogP contribution in [-0.2, 0) is 11.8 Å². The van der Waals surface area contributed by atoms with E-state index in [1.165, 1.54) is 61.2 Å². The Bertz CT molecular complexity index is 2950. The van der Waals surface area contributed by atoms with Crippen molar-refractivity contribution < 1.29 is 0 Å². The Morgan fingerprint density at radius 3 is 1.24 bits per heavy atom. The first kappa shape index (κ1) is 33.8. The van der Waals surface area contributed by atoms with Crippen molar-refractivity contribution in [2.45, 2.75) is 11.8 Å². The topological polar surface area (TPSA) is 38.7 Å². The van der Waals surface area contributed by atoms with Gasteiger partial charge in [-0.3, -0.25) is 0 Å². The molecule has 0 saturated heterocycles. The largest absolute Gasteiger partial charge is 0.208 e. The minimum Gasteiger partial charge on any atom is -0.208 e. The van der Waals surface area contributed by atoms with Gasteiger partial charge in [0.1, 0.15) is 0 Å². The van der Waals surface area contributed by atoms with Crippen molar-refractivity contribution in [3.8, 4) is 78.7 Å². The van der Waals surface area contributed by atoms with Gasteiger partial charge in [0, 0.05) is 16.7 Å². The Kier molecular flexibility index (Phi) is 7.94. The molecule has 2 aliphatic rings. The summed E-state index contributed by atoms with van der Waals surface area (Å²) in [7, 11) is 0. The number of hydrogen-bond acceptors (Lipinski definition) is 3. The van der Waals surface area contributed by atoms with Crippen molar-refractivity contribution in [2.24, 2.45) is 0 Å². The Hall–Kier alpha value is -7.49. The molecule has 1 heterocycles. The Labute approximate surface area is 338 Å². The summed E-state index contributed by atoms with van der Waals surface area (Å²) in [5.41, 5.74) is 19.1. The molecule has 1 atom stereocenters. The number of hydrogen-bond donors (Lipinski definition) is 0. The first-order valence-electron chi connectivity index (χ1n) is 19.9. The maximum Gasteiger partial charge on any atom is 0.164 e. The van der Waals surface area contributed by atoms with Gasteiger partial charge in [-0.2, -0.15) is 0 Å². The van der Waals surface area contributed by atoms with Crippen molar-refractivity contribution in [2.75, 3.05) is 0 Å². The van der Waals surface area contributed by atoms with Crippen LogP contribution in [0.4, 0.5) is 0 Å². The van der Waals surface area contributed by atoms with E-state index >= 15 is 0 Å². The zero-order valence-electron chi connectivity index (χ0n) is 31.8. The van der Waals surface area contributed by atoms with Crippen LogP contribution in [0, 0.1) is 0 Å². The average Bonchev–Trinajstić information content (AvgIpc) is 3.76. The lowest BCUT2D eigenvalue weighted by atomic mass is 9.70. The second-order valence-electron chi connectivity index (χ2n) is 15.2. The van der Waals surface area contributed by atoms with E-state index < -0.39 is 5.41 Å². The number of nitrogens with zero attached hydrogens (tertiary/aromatic N) is 3. The van der Waals surface area contributed by atoms with E-state index in [4.69, 9.17) is 15.0 Å². The van der Waals surface area contributed by atoms with Gasteiger partial charge in [0.05, 0.1) is 5.41 Å². The minimum atomic E-state index is -0.394. The molecule has 8 aromatic carbocycles. The number of rotatable bonds is 7. The van der Waals surface area contributed by atoms with Crippen LogP contribution >= 0.6 is 0 Å². The third-order valence-corrected chi connectivity index (χ3v) is 11.9. The monoisotopic (exact) mass is 739 g/mol. The molecule has 0 N–H and O–H groups in total. The lowest BCUT2D eigenvalue weighted by Gasteiger charge is -2.31. The number of benzene rings is 8. The first-order chi connectivity index (χ1) is 28.7. The SMILES string of the molecule is C=CCc1ccc2c(c1)C1(c3ccccc3-2)c2ccccc2-c2ccc(-c3ccc(-c4ccc(-c5nc(-c6ccccc6)nc(-c6ccccc6)n5)cc4)cc3)cc21. The van der Waals surface area contributed by atoms with Crippen LogP contribution in [-0.4, -0.2) is 15.0 Å². The molecule has 1 aromatic heterocycles.